The Hall–Kier alpha value is -4.87. The Morgan fingerprint density at radius 1 is 0.923 bits per heavy atom. The van der Waals surface area contributed by atoms with Crippen LogP contribution >= 0.6 is 11.6 Å². The molecule has 2 heterocycles. The average molecular weight is 954 g/mol. The summed E-state index contributed by atoms with van der Waals surface area (Å²) in [6.45, 7) is 9.39. The Labute approximate surface area is 383 Å². The van der Waals surface area contributed by atoms with E-state index in [2.05, 4.69) is 41.1 Å². The molecular formula is C48H52ClF3N4O7S2. The van der Waals surface area contributed by atoms with Crippen LogP contribution in [0.3, 0.4) is 0 Å². The molecule has 2 aliphatic heterocycles. The number of ether oxygens (including phenoxy) is 2. The number of rotatable bonds is 13. The number of amides is 1. The second kappa shape index (κ2) is 18.8. The Morgan fingerprint density at radius 3 is 2.38 bits per heavy atom. The highest BCUT2D eigenvalue weighted by atomic mass is 35.5. The summed E-state index contributed by atoms with van der Waals surface area (Å²) in [6.07, 6.45) is 8.91. The second-order valence-electron chi connectivity index (χ2n) is 17.9. The quantitative estimate of drug-likeness (QED) is 0.133. The number of halogens is 4. The van der Waals surface area contributed by atoms with Crippen molar-refractivity contribution in [2.24, 2.45) is 11.3 Å². The van der Waals surface area contributed by atoms with Crippen molar-refractivity contribution in [2.45, 2.75) is 67.7 Å². The topological polar surface area (TPSA) is 134 Å². The number of fused-ring (bicyclic) bond motifs is 1. The van der Waals surface area contributed by atoms with Crippen LogP contribution in [-0.2, 0) is 31.0 Å². The highest BCUT2D eigenvalue weighted by molar-refractivity contribution is 7.92. The molecule has 2 aliphatic carbocycles. The fourth-order valence-corrected chi connectivity index (χ4v) is 11.1. The molecule has 0 atom stereocenters. The number of nitrogens with zero attached hydrogens (tertiary/aromatic N) is 2. The summed E-state index contributed by atoms with van der Waals surface area (Å²) in [6, 6.07) is 20.8. The fourth-order valence-electron chi connectivity index (χ4n) is 8.95. The molecule has 11 nitrogen and oxygen atoms in total. The number of carbonyl (C=O) groups is 1. The van der Waals surface area contributed by atoms with Crippen LogP contribution in [0.15, 0.2) is 100 Å². The van der Waals surface area contributed by atoms with Gasteiger partial charge in [-0.25, -0.2) is 21.6 Å². The molecule has 4 aromatic rings. The van der Waals surface area contributed by atoms with Gasteiger partial charge in [0.05, 0.1) is 16.1 Å². The van der Waals surface area contributed by atoms with Crippen LogP contribution in [-0.4, -0.2) is 85.6 Å². The Balaban J connectivity index is 1.04. The zero-order chi connectivity index (χ0) is 46.1. The maximum atomic E-state index is 14.0. The molecule has 2 saturated heterocycles. The third-order valence-electron chi connectivity index (χ3n) is 12.7. The normalized spacial score (nSPS) is 18.4. The number of hydrogen-bond acceptors (Lipinski definition) is 10. The number of sulfonamides is 1. The van der Waals surface area contributed by atoms with Crippen molar-refractivity contribution in [3.63, 3.8) is 0 Å². The maximum absolute atomic E-state index is 14.0. The molecule has 2 N–H and O–H groups in total. The van der Waals surface area contributed by atoms with E-state index in [1.165, 1.54) is 22.8 Å². The lowest BCUT2D eigenvalue weighted by molar-refractivity contribution is -0.0435. The van der Waals surface area contributed by atoms with Gasteiger partial charge < -0.3 is 19.7 Å². The summed E-state index contributed by atoms with van der Waals surface area (Å²) >= 11 is 6.23. The smallest absolute Gasteiger partial charge is 0.456 e. The van der Waals surface area contributed by atoms with Gasteiger partial charge in [0.25, 0.3) is 25.8 Å². The van der Waals surface area contributed by atoms with Crippen molar-refractivity contribution in [1.82, 2.24) is 9.62 Å². The first kappa shape index (κ1) is 46.7. The number of benzene rings is 4. The molecule has 4 aromatic carbocycles. The average Bonchev–Trinajstić information content (AvgIpc) is 3.77. The lowest BCUT2D eigenvalue weighted by Gasteiger charge is -2.39. The molecule has 4 aliphatic rings. The van der Waals surface area contributed by atoms with Gasteiger partial charge in [-0.05, 0) is 115 Å². The number of carbonyl (C=O) groups excluding carboxylic acids is 1. The molecule has 65 heavy (non-hydrogen) atoms. The molecule has 0 saturated carbocycles. The highest BCUT2D eigenvalue weighted by Crippen LogP contribution is 2.44. The fraction of sp³-hybridized carbons (Fsp3) is 0.396. The van der Waals surface area contributed by atoms with E-state index < -0.39 is 46.8 Å². The first-order chi connectivity index (χ1) is 30.9. The van der Waals surface area contributed by atoms with Crippen molar-refractivity contribution in [3.05, 3.63) is 118 Å². The van der Waals surface area contributed by atoms with Crippen LogP contribution in [0, 0.1) is 11.3 Å². The zero-order valence-electron chi connectivity index (χ0n) is 36.2. The lowest BCUT2D eigenvalue weighted by atomic mass is 9.72. The van der Waals surface area contributed by atoms with Gasteiger partial charge in [0.2, 0.25) is 0 Å². The number of nitrogens with one attached hydrogen (secondary N) is 2. The zero-order valence-corrected chi connectivity index (χ0v) is 38.6. The predicted octanol–water partition coefficient (Wildman–Crippen LogP) is 9.74. The standard InChI is InChI=1S/C48H52ClF3N4O7S2/c1-47(2)20-17-35(41(29-47)34-9-11-36(49)12-10-34)31-55-21-23-56(24-22-55)37-13-15-40(44(27-37)63-43-8-4-6-33-5-3-7-39(33)43)46(57)54-65(60,61)38-14-16-42(53-30-32-18-25-62-26-19-32)45(28-38)64(58,59)48(50,51)52/h3-4,6-16,27-28,32,53H,5,17-26,29-31H2,1-2H3,(H,54,57). The molecule has 0 radical (unpaired) electrons. The largest absolute Gasteiger partial charge is 0.501 e. The molecule has 2 fully saturated rings. The summed E-state index contributed by atoms with van der Waals surface area (Å²) in [5.74, 6) is -0.620. The molecule has 8 rings (SSSR count). The molecule has 0 spiro atoms. The van der Waals surface area contributed by atoms with E-state index in [1.807, 2.05) is 41.1 Å². The number of alkyl halides is 3. The van der Waals surface area contributed by atoms with Crippen molar-refractivity contribution in [2.75, 3.05) is 62.7 Å². The lowest BCUT2D eigenvalue weighted by Crippen LogP contribution is -2.47. The summed E-state index contributed by atoms with van der Waals surface area (Å²) in [5.41, 5.74) is 0.472. The second-order valence-corrected chi connectivity index (χ2v) is 21.9. The minimum Gasteiger partial charge on any atom is -0.456 e. The van der Waals surface area contributed by atoms with Gasteiger partial charge in [-0.1, -0.05) is 67.4 Å². The summed E-state index contributed by atoms with van der Waals surface area (Å²) in [7, 11) is -11.0. The number of piperazine rings is 1. The van der Waals surface area contributed by atoms with Crippen LogP contribution in [0.5, 0.6) is 11.5 Å². The van der Waals surface area contributed by atoms with Gasteiger partial charge in [-0.15, -0.1) is 0 Å². The van der Waals surface area contributed by atoms with E-state index in [0.717, 1.165) is 67.8 Å². The molecule has 0 aromatic heterocycles. The minimum atomic E-state index is -6.02. The van der Waals surface area contributed by atoms with Crippen molar-refractivity contribution < 1.29 is 44.3 Å². The number of hydrogen-bond donors (Lipinski definition) is 2. The highest BCUT2D eigenvalue weighted by Gasteiger charge is 2.48. The van der Waals surface area contributed by atoms with Gasteiger partial charge in [0, 0.05) is 74.8 Å². The minimum absolute atomic E-state index is 0.000210. The van der Waals surface area contributed by atoms with Gasteiger partial charge in [-0.3, -0.25) is 9.69 Å². The van der Waals surface area contributed by atoms with Crippen LogP contribution < -0.4 is 19.7 Å². The van der Waals surface area contributed by atoms with E-state index in [4.69, 9.17) is 21.1 Å². The Bertz CT molecular complexity index is 2730. The number of sulfone groups is 1. The van der Waals surface area contributed by atoms with Gasteiger partial charge in [-0.2, -0.15) is 13.2 Å². The number of anilines is 2. The van der Waals surface area contributed by atoms with Crippen molar-refractivity contribution in [3.8, 4) is 11.5 Å². The van der Waals surface area contributed by atoms with E-state index in [1.54, 1.807) is 18.2 Å². The van der Waals surface area contributed by atoms with Crippen LogP contribution in [0.4, 0.5) is 24.5 Å². The van der Waals surface area contributed by atoms with Gasteiger partial charge in [0.1, 0.15) is 16.4 Å². The molecule has 0 bridgehead atoms. The third kappa shape index (κ3) is 10.6. The predicted molar refractivity (Wildman–Crippen MR) is 247 cm³/mol. The monoisotopic (exact) mass is 952 g/mol. The molecule has 1 amide bonds. The van der Waals surface area contributed by atoms with E-state index in [9.17, 15) is 34.8 Å². The first-order valence-corrected chi connectivity index (χ1v) is 25.1. The molecule has 0 unspecified atom stereocenters. The molecule has 17 heteroatoms. The van der Waals surface area contributed by atoms with Crippen LogP contribution in [0.25, 0.3) is 11.6 Å². The Kier molecular flexibility index (Phi) is 13.5. The summed E-state index contributed by atoms with van der Waals surface area (Å²) < 4.78 is 109. The van der Waals surface area contributed by atoms with E-state index >= 15 is 0 Å². The summed E-state index contributed by atoms with van der Waals surface area (Å²) in [4.78, 5) is 16.5. The number of allylic oxidation sites excluding steroid dienone is 2. The third-order valence-corrected chi connectivity index (χ3v) is 15.9. The summed E-state index contributed by atoms with van der Waals surface area (Å²) in [5, 5.41) is 3.47. The van der Waals surface area contributed by atoms with Crippen molar-refractivity contribution >= 4 is 60.4 Å². The Morgan fingerprint density at radius 2 is 1.66 bits per heavy atom. The van der Waals surface area contributed by atoms with Gasteiger partial charge in [0.15, 0.2) is 0 Å². The molecule has 346 valence electrons. The van der Waals surface area contributed by atoms with Crippen LogP contribution in [0.1, 0.15) is 73.0 Å². The SMILES string of the molecule is CC1(C)CCC(CN2CCN(c3ccc(C(=O)NS(=O)(=O)c4ccc(NCC5CCOCC5)c(S(=O)(=O)C(F)(F)F)c4)c(Oc4cccc5c4C=CC5)c3)CC2)=C(c2ccc(Cl)cc2)C1. The van der Waals surface area contributed by atoms with Gasteiger partial charge >= 0.3 is 5.51 Å². The van der Waals surface area contributed by atoms with Crippen LogP contribution in [0.2, 0.25) is 5.02 Å². The van der Waals surface area contributed by atoms with Crippen molar-refractivity contribution in [1.29, 1.82) is 0 Å². The van der Waals surface area contributed by atoms with E-state index in [0.29, 0.717) is 62.4 Å². The van der Waals surface area contributed by atoms with E-state index in [-0.39, 0.29) is 29.2 Å². The maximum Gasteiger partial charge on any atom is 0.501 e. The molecular weight excluding hydrogens is 901 g/mol. The first-order valence-electron chi connectivity index (χ1n) is 21.8.